The van der Waals surface area contributed by atoms with Crippen LogP contribution < -0.4 is 9.62 Å². The normalized spacial score (nSPS) is 12.3. The van der Waals surface area contributed by atoms with Gasteiger partial charge in [0.1, 0.15) is 12.6 Å². The van der Waals surface area contributed by atoms with E-state index in [1.807, 2.05) is 44.2 Å². The summed E-state index contributed by atoms with van der Waals surface area (Å²) in [6.45, 7) is 3.08. The first-order chi connectivity index (χ1) is 22.3. The Labute approximate surface area is 278 Å². The van der Waals surface area contributed by atoms with Crippen LogP contribution in [0.3, 0.4) is 0 Å². The number of nitrogens with zero attached hydrogens (tertiary/aromatic N) is 2. The van der Waals surface area contributed by atoms with Gasteiger partial charge in [-0.2, -0.15) is 13.2 Å². The van der Waals surface area contributed by atoms with Crippen LogP contribution in [0.2, 0.25) is 5.02 Å². The third kappa shape index (κ3) is 9.14. The molecule has 12 heteroatoms. The minimum absolute atomic E-state index is 0.0763. The average Bonchev–Trinajstić information content (AvgIpc) is 3.04. The number of benzene rings is 4. The highest BCUT2D eigenvalue weighted by molar-refractivity contribution is 7.92. The van der Waals surface area contributed by atoms with Crippen molar-refractivity contribution in [3.05, 3.63) is 130 Å². The smallest absolute Gasteiger partial charge is 0.354 e. The SMILES string of the molecule is CCCNC(=O)[C@@H](Cc1ccccc1)N(Cc1cccc(C)c1)C(=O)CN(c1cc(C(F)(F)F)ccc1Cl)S(=O)(=O)c1ccccc1. The van der Waals surface area contributed by atoms with Gasteiger partial charge in [0.25, 0.3) is 10.0 Å². The maximum atomic E-state index is 14.5. The zero-order valence-electron chi connectivity index (χ0n) is 25.9. The molecule has 0 aliphatic rings. The highest BCUT2D eigenvalue weighted by atomic mass is 35.5. The summed E-state index contributed by atoms with van der Waals surface area (Å²) in [6.07, 6.45) is -4.09. The van der Waals surface area contributed by atoms with Crippen molar-refractivity contribution in [3.8, 4) is 0 Å². The Hall–Kier alpha value is -4.35. The van der Waals surface area contributed by atoms with Gasteiger partial charge in [-0.3, -0.25) is 13.9 Å². The van der Waals surface area contributed by atoms with Crippen LogP contribution >= 0.6 is 11.6 Å². The van der Waals surface area contributed by atoms with Crippen molar-refractivity contribution in [2.24, 2.45) is 0 Å². The molecule has 0 aromatic heterocycles. The predicted molar refractivity (Wildman–Crippen MR) is 176 cm³/mol. The van der Waals surface area contributed by atoms with E-state index in [1.54, 1.807) is 30.3 Å². The number of halogens is 4. The molecule has 0 aliphatic heterocycles. The highest BCUT2D eigenvalue weighted by Gasteiger charge is 2.37. The first kappa shape index (κ1) is 35.5. The van der Waals surface area contributed by atoms with Crippen LogP contribution in [0.5, 0.6) is 0 Å². The van der Waals surface area contributed by atoms with Crippen LogP contribution in [0.1, 0.15) is 35.6 Å². The zero-order chi connectivity index (χ0) is 34.2. The number of amides is 2. The molecule has 0 saturated heterocycles. The first-order valence-electron chi connectivity index (χ1n) is 14.9. The second-order valence-corrected chi connectivity index (χ2v) is 13.3. The number of sulfonamides is 1. The number of carbonyl (C=O) groups is 2. The summed E-state index contributed by atoms with van der Waals surface area (Å²) in [6, 6.07) is 24.6. The Balaban J connectivity index is 1.86. The molecule has 7 nitrogen and oxygen atoms in total. The standard InChI is InChI=1S/C35H35ClF3N3O4S/c1-3-19-40-34(44)32(21-26-12-6-4-7-13-26)41(23-27-14-10-11-25(2)20-27)33(43)24-42(47(45,46)29-15-8-5-9-16-29)31-22-28(35(37,38)39)17-18-30(31)36/h4-18,20,22,32H,3,19,21,23-24H2,1-2H3,(H,40,44)/t32-/m1/s1. The number of hydrogen-bond donors (Lipinski definition) is 1. The van der Waals surface area contributed by atoms with Crippen LogP contribution in [0, 0.1) is 6.92 Å². The van der Waals surface area contributed by atoms with Crippen molar-refractivity contribution in [2.45, 2.75) is 50.3 Å². The Morgan fingerprint density at radius 2 is 1.51 bits per heavy atom. The number of aryl methyl sites for hydroxylation is 1. The summed E-state index contributed by atoms with van der Waals surface area (Å²) in [5.41, 5.74) is 0.656. The molecule has 4 aromatic rings. The van der Waals surface area contributed by atoms with Crippen molar-refractivity contribution in [1.29, 1.82) is 0 Å². The maximum absolute atomic E-state index is 14.5. The summed E-state index contributed by atoms with van der Waals surface area (Å²) >= 11 is 6.36. The van der Waals surface area contributed by atoms with Gasteiger partial charge in [0.15, 0.2) is 0 Å². The van der Waals surface area contributed by atoms with Gasteiger partial charge in [0.2, 0.25) is 11.8 Å². The maximum Gasteiger partial charge on any atom is 0.416 e. The second-order valence-electron chi connectivity index (χ2n) is 11.0. The molecule has 248 valence electrons. The van der Waals surface area contributed by atoms with Crippen molar-refractivity contribution < 1.29 is 31.2 Å². The number of nitrogens with one attached hydrogen (secondary N) is 1. The van der Waals surface area contributed by atoms with Crippen molar-refractivity contribution >= 4 is 39.1 Å². The topological polar surface area (TPSA) is 86.8 Å². The molecule has 1 N–H and O–H groups in total. The van der Waals surface area contributed by atoms with Gasteiger partial charge in [-0.05, 0) is 54.8 Å². The molecule has 0 radical (unpaired) electrons. The van der Waals surface area contributed by atoms with E-state index in [-0.39, 0.29) is 22.9 Å². The molecule has 47 heavy (non-hydrogen) atoms. The second kappa shape index (κ2) is 15.5. The predicted octanol–water partition coefficient (Wildman–Crippen LogP) is 7.03. The Kier molecular flexibility index (Phi) is 11.7. The Bertz CT molecular complexity index is 1790. The van der Waals surface area contributed by atoms with E-state index in [9.17, 15) is 31.2 Å². The van der Waals surface area contributed by atoms with Gasteiger partial charge in [-0.1, -0.05) is 96.9 Å². The molecular weight excluding hydrogens is 651 g/mol. The van der Waals surface area contributed by atoms with E-state index >= 15 is 0 Å². The molecule has 0 saturated carbocycles. The minimum Gasteiger partial charge on any atom is -0.354 e. The van der Waals surface area contributed by atoms with Gasteiger partial charge < -0.3 is 10.2 Å². The summed E-state index contributed by atoms with van der Waals surface area (Å²) in [5, 5.41) is 2.54. The largest absolute Gasteiger partial charge is 0.416 e. The number of alkyl halides is 3. The fourth-order valence-corrected chi connectivity index (χ4v) is 6.76. The van der Waals surface area contributed by atoms with Crippen molar-refractivity contribution in [1.82, 2.24) is 10.2 Å². The highest BCUT2D eigenvalue weighted by Crippen LogP contribution is 2.37. The third-order valence-corrected chi connectivity index (χ3v) is 9.50. The quantitative estimate of drug-likeness (QED) is 0.164. The number of anilines is 1. The summed E-state index contributed by atoms with van der Waals surface area (Å²) in [7, 11) is -4.63. The lowest BCUT2D eigenvalue weighted by Crippen LogP contribution is -2.53. The molecular formula is C35H35ClF3N3O4S. The Morgan fingerprint density at radius 1 is 0.872 bits per heavy atom. The van der Waals surface area contributed by atoms with E-state index in [2.05, 4.69) is 5.32 Å². The molecule has 2 amide bonds. The van der Waals surface area contributed by atoms with Gasteiger partial charge in [-0.25, -0.2) is 8.42 Å². The average molecular weight is 686 g/mol. The van der Waals surface area contributed by atoms with Gasteiger partial charge in [0.05, 0.1) is 21.2 Å². The fraction of sp³-hybridized carbons (Fsp3) is 0.257. The van der Waals surface area contributed by atoms with E-state index in [1.165, 1.54) is 29.2 Å². The Morgan fingerprint density at radius 3 is 2.13 bits per heavy atom. The number of rotatable bonds is 13. The summed E-state index contributed by atoms with van der Waals surface area (Å²) in [5.74, 6) is -1.27. The van der Waals surface area contributed by atoms with Crippen LogP contribution in [-0.2, 0) is 38.8 Å². The fourth-order valence-electron chi connectivity index (χ4n) is 5.04. The summed E-state index contributed by atoms with van der Waals surface area (Å²) < 4.78 is 70.2. The van der Waals surface area contributed by atoms with E-state index in [0.717, 1.165) is 23.3 Å². The summed E-state index contributed by atoms with van der Waals surface area (Å²) in [4.78, 5) is 29.2. The lowest BCUT2D eigenvalue weighted by Gasteiger charge is -2.34. The van der Waals surface area contributed by atoms with Crippen LogP contribution in [0.4, 0.5) is 18.9 Å². The van der Waals surface area contributed by atoms with Crippen LogP contribution in [-0.4, -0.2) is 44.3 Å². The lowest BCUT2D eigenvalue weighted by atomic mass is 10.0. The monoisotopic (exact) mass is 685 g/mol. The zero-order valence-corrected chi connectivity index (χ0v) is 27.4. The third-order valence-electron chi connectivity index (χ3n) is 7.41. The molecule has 0 bridgehead atoms. The molecule has 0 fully saturated rings. The van der Waals surface area contributed by atoms with Gasteiger partial charge >= 0.3 is 6.18 Å². The van der Waals surface area contributed by atoms with Crippen molar-refractivity contribution in [3.63, 3.8) is 0 Å². The first-order valence-corrected chi connectivity index (χ1v) is 16.7. The molecule has 0 unspecified atom stereocenters. The molecule has 4 aromatic carbocycles. The minimum atomic E-state index is -4.82. The van der Waals surface area contributed by atoms with Crippen LogP contribution in [0.15, 0.2) is 108 Å². The lowest BCUT2D eigenvalue weighted by molar-refractivity contribution is -0.140. The molecule has 0 spiro atoms. The van der Waals surface area contributed by atoms with E-state index in [0.29, 0.717) is 28.9 Å². The van der Waals surface area contributed by atoms with E-state index < -0.39 is 51.9 Å². The van der Waals surface area contributed by atoms with Gasteiger partial charge in [-0.15, -0.1) is 0 Å². The number of carbonyl (C=O) groups excluding carboxylic acids is 2. The molecule has 1 atom stereocenters. The molecule has 0 aliphatic carbocycles. The van der Waals surface area contributed by atoms with Crippen LogP contribution in [0.25, 0.3) is 0 Å². The molecule has 4 rings (SSSR count). The van der Waals surface area contributed by atoms with Gasteiger partial charge in [0, 0.05) is 19.5 Å². The number of hydrogen-bond acceptors (Lipinski definition) is 4. The van der Waals surface area contributed by atoms with Crippen molar-refractivity contribution in [2.75, 3.05) is 17.4 Å². The van der Waals surface area contributed by atoms with E-state index in [4.69, 9.17) is 11.6 Å². The molecule has 0 heterocycles.